The van der Waals surface area contributed by atoms with Crippen LogP contribution in [-0.2, 0) is 0 Å². The number of nitriles is 1. The number of halogens is 1. The van der Waals surface area contributed by atoms with Crippen molar-refractivity contribution in [2.75, 3.05) is 19.0 Å². The number of ether oxygens (including phenoxy) is 2. The van der Waals surface area contributed by atoms with Crippen molar-refractivity contribution in [2.45, 2.75) is 13.8 Å². The molecule has 0 atom stereocenters. The number of nitrogens with one attached hydrogen (secondary N) is 1. The molecular weight excluding hydrogens is 328 g/mol. The fourth-order valence-corrected chi connectivity index (χ4v) is 2.33. The van der Waals surface area contributed by atoms with Crippen LogP contribution in [-0.4, -0.2) is 19.6 Å². The third kappa shape index (κ3) is 3.79. The molecule has 2 aromatic carbocycles. The summed E-state index contributed by atoms with van der Waals surface area (Å²) in [7, 11) is 1.46. The van der Waals surface area contributed by atoms with E-state index in [2.05, 4.69) is 5.32 Å². The van der Waals surface area contributed by atoms with E-state index in [1.807, 2.05) is 19.1 Å². The normalized spacial score (nSPS) is 9.96. The van der Waals surface area contributed by atoms with Crippen LogP contribution in [0.15, 0.2) is 30.3 Å². The van der Waals surface area contributed by atoms with Crippen molar-refractivity contribution in [1.29, 1.82) is 5.26 Å². The number of hydrogen-bond donors (Lipinski definition) is 1. The molecule has 0 unspecified atom stereocenters. The molecule has 0 saturated heterocycles. The minimum absolute atomic E-state index is 0.226. The molecule has 0 heterocycles. The zero-order chi connectivity index (χ0) is 17.7. The average Bonchev–Trinajstić information content (AvgIpc) is 2.58. The Hall–Kier alpha value is -2.71. The van der Waals surface area contributed by atoms with Crippen molar-refractivity contribution in [3.8, 4) is 17.6 Å². The smallest absolute Gasteiger partial charge is 0.259 e. The van der Waals surface area contributed by atoms with Gasteiger partial charge in [-0.2, -0.15) is 5.26 Å². The van der Waals surface area contributed by atoms with Crippen LogP contribution in [0.25, 0.3) is 0 Å². The van der Waals surface area contributed by atoms with Gasteiger partial charge in [0, 0.05) is 16.8 Å². The molecular formula is C18H17ClN2O3. The van der Waals surface area contributed by atoms with Crippen molar-refractivity contribution in [3.05, 3.63) is 52.0 Å². The van der Waals surface area contributed by atoms with Gasteiger partial charge in [0.2, 0.25) is 0 Å². The van der Waals surface area contributed by atoms with Crippen LogP contribution >= 0.6 is 11.6 Å². The molecule has 124 valence electrons. The number of carbonyl (C=O) groups excluding carboxylic acids is 1. The lowest BCUT2D eigenvalue weighted by Crippen LogP contribution is -2.14. The summed E-state index contributed by atoms with van der Waals surface area (Å²) in [5.74, 6) is 0.228. The summed E-state index contributed by atoms with van der Waals surface area (Å²) in [6, 6.07) is 10.2. The van der Waals surface area contributed by atoms with E-state index < -0.39 is 5.91 Å². The highest BCUT2D eigenvalue weighted by atomic mass is 35.5. The average molecular weight is 345 g/mol. The second kappa shape index (κ2) is 7.71. The van der Waals surface area contributed by atoms with E-state index in [0.717, 1.165) is 5.56 Å². The van der Waals surface area contributed by atoms with Gasteiger partial charge in [0.25, 0.3) is 5.91 Å². The van der Waals surface area contributed by atoms with E-state index in [0.29, 0.717) is 34.4 Å². The van der Waals surface area contributed by atoms with Crippen LogP contribution in [0, 0.1) is 18.3 Å². The molecule has 2 aromatic rings. The van der Waals surface area contributed by atoms with Gasteiger partial charge >= 0.3 is 0 Å². The lowest BCUT2D eigenvalue weighted by molar-refractivity contribution is 0.102. The predicted octanol–water partition coefficient (Wildman–Crippen LogP) is 4.18. The van der Waals surface area contributed by atoms with Gasteiger partial charge in [0.15, 0.2) is 11.5 Å². The van der Waals surface area contributed by atoms with E-state index >= 15 is 0 Å². The third-order valence-corrected chi connectivity index (χ3v) is 3.77. The molecule has 5 nitrogen and oxygen atoms in total. The SMILES string of the molecule is CCOc1c(OC)cc(C#N)cc1C(=O)Nc1ccc(C)c(Cl)c1. The summed E-state index contributed by atoms with van der Waals surface area (Å²) in [5, 5.41) is 12.5. The predicted molar refractivity (Wildman–Crippen MR) is 93.0 cm³/mol. The first-order chi connectivity index (χ1) is 11.5. The van der Waals surface area contributed by atoms with Gasteiger partial charge in [-0.1, -0.05) is 17.7 Å². The maximum Gasteiger partial charge on any atom is 0.259 e. The zero-order valence-corrected chi connectivity index (χ0v) is 14.4. The molecule has 1 N–H and O–H groups in total. The molecule has 1 amide bonds. The molecule has 24 heavy (non-hydrogen) atoms. The number of carbonyl (C=O) groups is 1. The van der Waals surface area contributed by atoms with Crippen molar-refractivity contribution in [1.82, 2.24) is 0 Å². The second-order valence-corrected chi connectivity index (χ2v) is 5.43. The van der Waals surface area contributed by atoms with Gasteiger partial charge in [0.05, 0.1) is 30.9 Å². The Balaban J connectivity index is 2.43. The Labute approximate surface area is 145 Å². The Bertz CT molecular complexity index is 813. The van der Waals surface area contributed by atoms with Crippen LogP contribution in [0.2, 0.25) is 5.02 Å². The Kier molecular flexibility index (Phi) is 5.67. The number of nitrogens with zero attached hydrogens (tertiary/aromatic N) is 1. The van der Waals surface area contributed by atoms with E-state index in [1.54, 1.807) is 19.1 Å². The van der Waals surface area contributed by atoms with Crippen molar-refractivity contribution in [2.24, 2.45) is 0 Å². The van der Waals surface area contributed by atoms with Crippen molar-refractivity contribution in [3.63, 3.8) is 0 Å². The molecule has 0 bridgehead atoms. The molecule has 0 fully saturated rings. The van der Waals surface area contributed by atoms with Gasteiger partial charge in [-0.15, -0.1) is 0 Å². The maximum atomic E-state index is 12.6. The molecule has 6 heteroatoms. The second-order valence-electron chi connectivity index (χ2n) is 5.02. The highest BCUT2D eigenvalue weighted by molar-refractivity contribution is 6.31. The largest absolute Gasteiger partial charge is 0.493 e. The van der Waals surface area contributed by atoms with Crippen LogP contribution < -0.4 is 14.8 Å². The van der Waals surface area contributed by atoms with Crippen LogP contribution in [0.1, 0.15) is 28.4 Å². The number of methoxy groups -OCH3 is 1. The van der Waals surface area contributed by atoms with Crippen molar-refractivity contribution >= 4 is 23.2 Å². The maximum absolute atomic E-state index is 12.6. The first-order valence-corrected chi connectivity index (χ1v) is 7.70. The Morgan fingerprint density at radius 2 is 2.08 bits per heavy atom. The Morgan fingerprint density at radius 1 is 1.33 bits per heavy atom. The summed E-state index contributed by atoms with van der Waals surface area (Å²) in [6.07, 6.45) is 0. The van der Waals surface area contributed by atoms with Crippen LogP contribution in [0.3, 0.4) is 0 Å². The number of hydrogen-bond acceptors (Lipinski definition) is 4. The number of benzene rings is 2. The summed E-state index contributed by atoms with van der Waals surface area (Å²) in [4.78, 5) is 12.6. The van der Waals surface area contributed by atoms with Gasteiger partial charge in [-0.3, -0.25) is 4.79 Å². The summed E-state index contributed by atoms with van der Waals surface area (Å²) >= 11 is 6.08. The first kappa shape index (κ1) is 17.6. The molecule has 0 saturated carbocycles. The number of aryl methyl sites for hydroxylation is 1. The summed E-state index contributed by atoms with van der Waals surface area (Å²) in [5.41, 5.74) is 2.00. The number of amides is 1. The lowest BCUT2D eigenvalue weighted by atomic mass is 10.1. The van der Waals surface area contributed by atoms with Gasteiger partial charge in [0.1, 0.15) is 0 Å². The van der Waals surface area contributed by atoms with Gasteiger partial charge in [-0.05, 0) is 37.6 Å². The standard InChI is InChI=1S/C18H17ClN2O3/c1-4-24-17-14(7-12(10-20)8-16(17)23-3)18(22)21-13-6-5-11(2)15(19)9-13/h5-9H,4H2,1-3H3,(H,21,22). The summed E-state index contributed by atoms with van der Waals surface area (Å²) < 4.78 is 10.8. The topological polar surface area (TPSA) is 71.3 Å². The molecule has 0 aliphatic heterocycles. The highest BCUT2D eigenvalue weighted by Crippen LogP contribution is 2.33. The van der Waals surface area contributed by atoms with E-state index in [-0.39, 0.29) is 5.56 Å². The van der Waals surface area contributed by atoms with Crippen LogP contribution in [0.4, 0.5) is 5.69 Å². The Morgan fingerprint density at radius 3 is 2.67 bits per heavy atom. The van der Waals surface area contributed by atoms with Gasteiger partial charge in [-0.25, -0.2) is 0 Å². The first-order valence-electron chi connectivity index (χ1n) is 7.32. The molecule has 0 aliphatic rings. The monoisotopic (exact) mass is 344 g/mol. The molecule has 0 spiro atoms. The van der Waals surface area contributed by atoms with Gasteiger partial charge < -0.3 is 14.8 Å². The summed E-state index contributed by atoms with van der Waals surface area (Å²) in [6.45, 7) is 4.04. The molecule has 0 aromatic heterocycles. The highest BCUT2D eigenvalue weighted by Gasteiger charge is 2.19. The fraction of sp³-hybridized carbons (Fsp3) is 0.222. The number of anilines is 1. The fourth-order valence-electron chi connectivity index (χ4n) is 2.15. The van der Waals surface area contributed by atoms with E-state index in [1.165, 1.54) is 19.2 Å². The van der Waals surface area contributed by atoms with E-state index in [9.17, 15) is 4.79 Å². The minimum Gasteiger partial charge on any atom is -0.493 e. The quantitative estimate of drug-likeness (QED) is 0.883. The van der Waals surface area contributed by atoms with E-state index in [4.69, 9.17) is 26.3 Å². The molecule has 2 rings (SSSR count). The molecule has 0 aliphatic carbocycles. The minimum atomic E-state index is -0.409. The van der Waals surface area contributed by atoms with Crippen molar-refractivity contribution < 1.29 is 14.3 Å². The molecule has 0 radical (unpaired) electrons. The third-order valence-electron chi connectivity index (χ3n) is 3.37. The van der Waals surface area contributed by atoms with Crippen LogP contribution in [0.5, 0.6) is 11.5 Å². The number of rotatable bonds is 5. The lowest BCUT2D eigenvalue weighted by Gasteiger charge is -2.15. The zero-order valence-electron chi connectivity index (χ0n) is 13.6.